The molecule has 3 aliphatic carbocycles. The number of Topliss-reactive ketones (excluding diaryl/α,β-unsaturated/α-hetero) is 1. The molecule has 2 saturated carbocycles. The molecule has 0 aromatic carbocycles. The summed E-state index contributed by atoms with van der Waals surface area (Å²) in [6, 6.07) is 0. The molecule has 0 unspecified atom stereocenters. The van der Waals surface area contributed by atoms with Crippen LogP contribution in [0.2, 0.25) is 0 Å². The summed E-state index contributed by atoms with van der Waals surface area (Å²) >= 11 is 0. The molecule has 0 aliphatic heterocycles. The van der Waals surface area contributed by atoms with E-state index in [2.05, 4.69) is 12.2 Å². The van der Waals surface area contributed by atoms with Crippen LogP contribution in [0.5, 0.6) is 0 Å². The predicted molar refractivity (Wildman–Crippen MR) is 48.0 cm³/mol. The second-order valence-corrected chi connectivity index (χ2v) is 4.62. The van der Waals surface area contributed by atoms with E-state index in [1.54, 1.807) is 0 Å². The van der Waals surface area contributed by atoms with E-state index in [9.17, 15) is 9.90 Å². The third-order valence-electron chi connectivity index (χ3n) is 4.02. The van der Waals surface area contributed by atoms with Crippen molar-refractivity contribution < 1.29 is 9.90 Å². The number of allylic oxidation sites excluding steroid dienone is 2. The normalized spacial score (nSPS) is 52.7. The zero-order valence-corrected chi connectivity index (χ0v) is 7.52. The molecule has 13 heavy (non-hydrogen) atoms. The maximum atomic E-state index is 11.7. The molecule has 2 fully saturated rings. The molecule has 3 aliphatic rings. The highest BCUT2D eigenvalue weighted by Crippen LogP contribution is 2.52. The highest BCUT2D eigenvalue weighted by Gasteiger charge is 2.52. The van der Waals surface area contributed by atoms with Crippen molar-refractivity contribution in [2.24, 2.45) is 23.7 Å². The molecule has 3 rings (SSSR count). The first-order valence-electron chi connectivity index (χ1n) is 5.16. The van der Waals surface area contributed by atoms with Gasteiger partial charge in [0.15, 0.2) is 0 Å². The fraction of sp³-hybridized carbons (Fsp3) is 0.727. The number of rotatable bonds is 0. The van der Waals surface area contributed by atoms with Crippen molar-refractivity contribution in [3.05, 3.63) is 12.2 Å². The van der Waals surface area contributed by atoms with Gasteiger partial charge in [-0.1, -0.05) is 12.2 Å². The van der Waals surface area contributed by atoms with Gasteiger partial charge in [0, 0.05) is 18.3 Å². The van der Waals surface area contributed by atoms with Crippen LogP contribution < -0.4 is 0 Å². The molecule has 0 aromatic heterocycles. The van der Waals surface area contributed by atoms with Crippen molar-refractivity contribution in [1.82, 2.24) is 0 Å². The molecule has 0 radical (unpaired) electrons. The summed E-state index contributed by atoms with van der Waals surface area (Å²) in [4.78, 5) is 11.7. The van der Waals surface area contributed by atoms with Crippen LogP contribution in [0.3, 0.4) is 0 Å². The molecule has 0 heterocycles. The molecule has 0 amide bonds. The summed E-state index contributed by atoms with van der Waals surface area (Å²) in [5, 5.41) is 9.83. The van der Waals surface area contributed by atoms with E-state index in [0.717, 1.165) is 6.42 Å². The highest BCUT2D eigenvalue weighted by molar-refractivity contribution is 5.83. The average molecular weight is 178 g/mol. The van der Waals surface area contributed by atoms with E-state index in [1.165, 1.54) is 0 Å². The molecule has 70 valence electrons. The van der Waals surface area contributed by atoms with Gasteiger partial charge in [-0.2, -0.15) is 0 Å². The maximum absolute atomic E-state index is 11.7. The molecular formula is C11H14O2. The fourth-order valence-electron chi connectivity index (χ4n) is 3.49. The van der Waals surface area contributed by atoms with Gasteiger partial charge in [-0.3, -0.25) is 4.79 Å². The Labute approximate surface area is 77.6 Å². The van der Waals surface area contributed by atoms with Gasteiger partial charge in [0.2, 0.25) is 0 Å². The summed E-state index contributed by atoms with van der Waals surface area (Å²) < 4.78 is 0. The Morgan fingerprint density at radius 3 is 2.85 bits per heavy atom. The monoisotopic (exact) mass is 178 g/mol. The lowest BCUT2D eigenvalue weighted by Crippen LogP contribution is -2.40. The lowest BCUT2D eigenvalue weighted by atomic mass is 9.71. The summed E-state index contributed by atoms with van der Waals surface area (Å²) in [6.45, 7) is 0. The number of hydrogen-bond acceptors (Lipinski definition) is 2. The first kappa shape index (κ1) is 7.74. The van der Waals surface area contributed by atoms with Crippen LogP contribution in [0, 0.1) is 23.7 Å². The number of fused-ring (bicyclic) bond motifs is 5. The summed E-state index contributed by atoms with van der Waals surface area (Å²) in [5.41, 5.74) is 0. The van der Waals surface area contributed by atoms with Crippen LogP contribution in [0.15, 0.2) is 12.2 Å². The zero-order valence-electron chi connectivity index (χ0n) is 7.52. The first-order chi connectivity index (χ1) is 6.27. The molecule has 0 saturated heterocycles. The van der Waals surface area contributed by atoms with Crippen LogP contribution in [-0.2, 0) is 4.79 Å². The molecular weight excluding hydrogens is 164 g/mol. The Morgan fingerprint density at radius 2 is 2.08 bits per heavy atom. The maximum Gasteiger partial charge on any atom is 0.137 e. The standard InChI is InChI=1S/C11H14O2/c12-8-3-4-9(13)11-7-2-1-6(5-7)10(8)11/h1-2,6-8,10-12H,3-5H2/t6-,7-,8+,10-,11+/m1/s1. The van der Waals surface area contributed by atoms with Crippen molar-refractivity contribution in [3.8, 4) is 0 Å². The minimum atomic E-state index is -0.220. The quantitative estimate of drug-likeness (QED) is 0.565. The molecule has 0 spiro atoms. The highest BCUT2D eigenvalue weighted by atomic mass is 16.3. The van der Waals surface area contributed by atoms with Crippen molar-refractivity contribution >= 4 is 5.78 Å². The topological polar surface area (TPSA) is 37.3 Å². The van der Waals surface area contributed by atoms with Crippen LogP contribution in [0.1, 0.15) is 19.3 Å². The van der Waals surface area contributed by atoms with Crippen LogP contribution in [0.4, 0.5) is 0 Å². The van der Waals surface area contributed by atoms with Crippen LogP contribution >= 0.6 is 0 Å². The number of aliphatic hydroxyl groups is 1. The molecule has 2 bridgehead atoms. The first-order valence-corrected chi connectivity index (χ1v) is 5.16. The molecule has 0 aromatic rings. The number of hydrogen-bond donors (Lipinski definition) is 1. The van der Waals surface area contributed by atoms with Gasteiger partial charge in [-0.25, -0.2) is 0 Å². The van der Waals surface area contributed by atoms with Gasteiger partial charge in [-0.05, 0) is 24.7 Å². The molecule has 1 N–H and O–H groups in total. The third kappa shape index (κ3) is 0.896. The van der Waals surface area contributed by atoms with Crippen LogP contribution in [-0.4, -0.2) is 17.0 Å². The SMILES string of the molecule is O=C1CC[C@H](O)[C@@H]2[C@H]1[C@@H]1C=C[C@@H]2C1. The van der Waals surface area contributed by atoms with Gasteiger partial charge in [0.25, 0.3) is 0 Å². The summed E-state index contributed by atoms with van der Waals surface area (Å²) in [6.07, 6.45) is 6.56. The Morgan fingerprint density at radius 1 is 1.31 bits per heavy atom. The van der Waals surface area contributed by atoms with Crippen molar-refractivity contribution in [1.29, 1.82) is 0 Å². The molecule has 5 atom stereocenters. The lowest BCUT2D eigenvalue weighted by molar-refractivity contribution is -0.131. The lowest BCUT2D eigenvalue weighted by Gasteiger charge is -2.35. The Kier molecular flexibility index (Phi) is 1.46. The summed E-state index contributed by atoms with van der Waals surface area (Å²) in [5.74, 6) is 1.77. The van der Waals surface area contributed by atoms with E-state index in [4.69, 9.17) is 0 Å². The van der Waals surface area contributed by atoms with E-state index in [1.807, 2.05) is 0 Å². The number of ketones is 1. The smallest absolute Gasteiger partial charge is 0.137 e. The Hall–Kier alpha value is -0.630. The van der Waals surface area contributed by atoms with Gasteiger partial charge in [0.1, 0.15) is 5.78 Å². The van der Waals surface area contributed by atoms with Crippen molar-refractivity contribution in [2.45, 2.75) is 25.4 Å². The van der Waals surface area contributed by atoms with Gasteiger partial charge < -0.3 is 5.11 Å². The van der Waals surface area contributed by atoms with Crippen molar-refractivity contribution in [2.75, 3.05) is 0 Å². The second-order valence-electron chi connectivity index (χ2n) is 4.62. The van der Waals surface area contributed by atoms with Crippen LogP contribution in [0.25, 0.3) is 0 Å². The Balaban J connectivity index is 1.98. The van der Waals surface area contributed by atoms with Crippen molar-refractivity contribution in [3.63, 3.8) is 0 Å². The second kappa shape index (κ2) is 2.44. The molecule has 2 heteroatoms. The van der Waals surface area contributed by atoms with E-state index in [0.29, 0.717) is 30.5 Å². The fourth-order valence-corrected chi connectivity index (χ4v) is 3.49. The van der Waals surface area contributed by atoms with Gasteiger partial charge in [-0.15, -0.1) is 0 Å². The largest absolute Gasteiger partial charge is 0.393 e. The zero-order chi connectivity index (χ0) is 9.00. The Bertz CT molecular complexity index is 282. The van der Waals surface area contributed by atoms with E-state index in [-0.39, 0.29) is 17.9 Å². The molecule has 2 nitrogen and oxygen atoms in total. The van der Waals surface area contributed by atoms with Gasteiger partial charge in [0.05, 0.1) is 6.10 Å². The number of carbonyl (C=O) groups is 1. The summed E-state index contributed by atoms with van der Waals surface area (Å²) in [7, 11) is 0. The predicted octanol–water partition coefficient (Wildman–Crippen LogP) is 1.15. The van der Waals surface area contributed by atoms with Gasteiger partial charge >= 0.3 is 0 Å². The minimum Gasteiger partial charge on any atom is -0.393 e. The van der Waals surface area contributed by atoms with E-state index < -0.39 is 0 Å². The number of carbonyl (C=O) groups excluding carboxylic acids is 1. The van der Waals surface area contributed by atoms with E-state index >= 15 is 0 Å². The number of aliphatic hydroxyl groups excluding tert-OH is 1. The average Bonchev–Trinajstić information content (AvgIpc) is 2.70. The third-order valence-corrected chi connectivity index (χ3v) is 4.02. The minimum absolute atomic E-state index is 0.166.